The summed E-state index contributed by atoms with van der Waals surface area (Å²) in [4.78, 5) is 63.7. The number of amides is 4. The molecule has 18 rings (SSSR count). The topological polar surface area (TPSA) is 152 Å². The average Bonchev–Trinajstić information content (AvgIpc) is 1.17. The van der Waals surface area contributed by atoms with Gasteiger partial charge < -0.3 is 29.2 Å². The third-order valence-corrected chi connectivity index (χ3v) is 20.3. The van der Waals surface area contributed by atoms with Gasteiger partial charge >= 0.3 is 0 Å². The SMILES string of the molecule is COC(C)OCC12c3ccccc3C(c3ccccc31)C1C(=O)N(c3ccc(Oc4ccc(Cc5ccc(Oc6ccc(N7C(=O)C8C(C7=O)C7(c9ccc(O)cc9)c9ccccc9C8(Cc8ccc(O)cc8)c8ccccc87)cc6)cc5)cc4)cc3)C(=O)C12. The van der Waals surface area contributed by atoms with Gasteiger partial charge in [0.25, 0.3) is 0 Å². The van der Waals surface area contributed by atoms with Gasteiger partial charge in [-0.05, 0) is 184 Å². The molecule has 0 radical (unpaired) electrons. The van der Waals surface area contributed by atoms with Crippen molar-refractivity contribution in [3.63, 3.8) is 0 Å². The van der Waals surface area contributed by atoms with Crippen LogP contribution in [-0.2, 0) is 57.7 Å². The Morgan fingerprint density at radius 1 is 0.422 bits per heavy atom. The molecule has 0 spiro atoms. The highest BCUT2D eigenvalue weighted by Gasteiger charge is 2.74. The van der Waals surface area contributed by atoms with Crippen LogP contribution in [0.2, 0.25) is 0 Å². The molecule has 6 aliphatic carbocycles. The molecule has 10 aromatic rings. The largest absolute Gasteiger partial charge is 0.508 e. The van der Waals surface area contributed by atoms with E-state index in [1.807, 2.05) is 128 Å². The summed E-state index contributed by atoms with van der Waals surface area (Å²) in [6.07, 6.45) is 0.542. The van der Waals surface area contributed by atoms with Crippen LogP contribution in [0, 0.1) is 23.7 Å². The molecule has 0 saturated carbocycles. The van der Waals surface area contributed by atoms with Crippen molar-refractivity contribution in [3.05, 3.63) is 309 Å². The van der Waals surface area contributed by atoms with Crippen molar-refractivity contribution in [1.29, 1.82) is 0 Å². The Hall–Kier alpha value is -10.4. The van der Waals surface area contributed by atoms with Crippen molar-refractivity contribution < 1.29 is 48.3 Å². The van der Waals surface area contributed by atoms with E-state index in [2.05, 4.69) is 48.5 Å². The van der Waals surface area contributed by atoms with Crippen molar-refractivity contribution in [2.75, 3.05) is 23.5 Å². The standard InChI is InChI=1S/C78H60N2O10/c1-46(87-2)88-45-77-61-13-5-3-11-59(61)67(60-12-4-6-14-62(60)77)68-69(77)73(84)79(72(68)83)51-27-39-57(40-28-51)89-55-35-21-47(22-36-55)43-48-23-37-56(38-24-48)90-58-41-29-52(30-42-58)80-74(85)70-71(75(80)86)78(50-25-33-54(82)34-26-50)65-17-9-7-15-63(65)76(70,64-16-8-10-18-66(64)78)44-49-19-31-53(81)32-20-49/h3-42,46,67-71,81-82H,43-45H2,1-2H3. The minimum Gasteiger partial charge on any atom is -0.508 e. The van der Waals surface area contributed by atoms with Crippen molar-refractivity contribution in [2.45, 2.75) is 48.2 Å². The Bertz CT molecular complexity index is 4430. The quantitative estimate of drug-likeness (QED) is 0.0749. The van der Waals surface area contributed by atoms with Crippen LogP contribution in [0.5, 0.6) is 34.5 Å². The number of hydrogen-bond donors (Lipinski definition) is 2. The number of phenols is 2. The van der Waals surface area contributed by atoms with Crippen LogP contribution in [0.4, 0.5) is 11.4 Å². The number of hydrogen-bond acceptors (Lipinski definition) is 10. The van der Waals surface area contributed by atoms with E-state index in [4.69, 9.17) is 18.9 Å². The fourth-order valence-corrected chi connectivity index (χ4v) is 16.6. The number of benzene rings is 10. The molecule has 4 bridgehead atoms. The highest BCUT2D eigenvalue weighted by molar-refractivity contribution is 6.25. The summed E-state index contributed by atoms with van der Waals surface area (Å²) in [7, 11) is 1.59. The summed E-state index contributed by atoms with van der Waals surface area (Å²) in [5.41, 5.74) is 9.88. The minimum absolute atomic E-state index is 0.101. The molecule has 8 aliphatic rings. The van der Waals surface area contributed by atoms with E-state index in [0.29, 0.717) is 47.2 Å². The summed E-state index contributed by atoms with van der Waals surface area (Å²) >= 11 is 0. The molecular weight excluding hydrogens is 1120 g/mol. The molecule has 12 nitrogen and oxygen atoms in total. The summed E-state index contributed by atoms with van der Waals surface area (Å²) in [5, 5.41) is 20.9. The average molecular weight is 1190 g/mol. The van der Waals surface area contributed by atoms with Crippen LogP contribution in [0.1, 0.15) is 79.6 Å². The summed E-state index contributed by atoms with van der Waals surface area (Å²) in [6, 6.07) is 76.8. The number of ether oxygens (including phenoxy) is 4. The molecule has 442 valence electrons. The fraction of sp³-hybridized carbons (Fsp3) is 0.179. The lowest BCUT2D eigenvalue weighted by atomic mass is 9.39. The summed E-state index contributed by atoms with van der Waals surface area (Å²) in [6.45, 7) is 2.01. The van der Waals surface area contributed by atoms with E-state index in [1.54, 1.807) is 79.9 Å². The molecule has 90 heavy (non-hydrogen) atoms. The lowest BCUT2D eigenvalue weighted by Gasteiger charge is -2.60. The second kappa shape index (κ2) is 20.9. The van der Waals surface area contributed by atoms with Gasteiger partial charge in [0.05, 0.1) is 52.5 Å². The van der Waals surface area contributed by atoms with Gasteiger partial charge in [-0.15, -0.1) is 0 Å². The number of phenolic OH excluding ortho intramolecular Hbond substituents is 2. The van der Waals surface area contributed by atoms with Crippen LogP contribution >= 0.6 is 0 Å². The smallest absolute Gasteiger partial charge is 0.239 e. The molecule has 12 heteroatoms. The van der Waals surface area contributed by atoms with Crippen molar-refractivity contribution in [3.8, 4) is 34.5 Å². The van der Waals surface area contributed by atoms with Crippen LogP contribution in [0.15, 0.2) is 243 Å². The van der Waals surface area contributed by atoms with E-state index in [0.717, 1.165) is 66.8 Å². The number of nitrogens with zero attached hydrogens (tertiary/aromatic N) is 2. The maximum Gasteiger partial charge on any atom is 0.239 e. The predicted octanol–water partition coefficient (Wildman–Crippen LogP) is 13.8. The van der Waals surface area contributed by atoms with Crippen LogP contribution < -0.4 is 19.3 Å². The molecule has 4 amide bonds. The van der Waals surface area contributed by atoms with Gasteiger partial charge in [-0.3, -0.25) is 19.2 Å². The highest BCUT2D eigenvalue weighted by atomic mass is 16.7. The summed E-state index contributed by atoms with van der Waals surface area (Å²) < 4.78 is 24.5. The van der Waals surface area contributed by atoms with Gasteiger partial charge in [0.1, 0.15) is 34.5 Å². The Morgan fingerprint density at radius 2 is 0.822 bits per heavy atom. The molecule has 5 atom stereocenters. The second-order valence-corrected chi connectivity index (χ2v) is 24.6. The number of carbonyl (C=O) groups is 4. The number of methoxy groups -OCH3 is 1. The first-order valence-corrected chi connectivity index (χ1v) is 30.5. The van der Waals surface area contributed by atoms with Gasteiger partial charge in [0, 0.05) is 18.4 Å². The molecular formula is C78H60N2O10. The first-order valence-electron chi connectivity index (χ1n) is 30.5. The van der Waals surface area contributed by atoms with E-state index in [1.165, 1.54) is 9.80 Å². The molecule has 2 fully saturated rings. The van der Waals surface area contributed by atoms with E-state index in [-0.39, 0.29) is 47.7 Å². The normalized spacial score (nSPS) is 24.0. The van der Waals surface area contributed by atoms with Gasteiger partial charge in [-0.1, -0.05) is 146 Å². The number of aromatic hydroxyl groups is 2. The molecule has 0 aromatic heterocycles. The fourth-order valence-electron chi connectivity index (χ4n) is 16.6. The number of rotatable bonds is 15. The number of imide groups is 2. The minimum atomic E-state index is -1.06. The Kier molecular flexibility index (Phi) is 12.7. The molecule has 2 saturated heterocycles. The first kappa shape index (κ1) is 55.0. The van der Waals surface area contributed by atoms with Gasteiger partial charge in [-0.25, -0.2) is 9.80 Å². The summed E-state index contributed by atoms with van der Waals surface area (Å²) in [5.74, 6) is -1.66. The number of anilines is 2. The zero-order chi connectivity index (χ0) is 61.2. The van der Waals surface area contributed by atoms with Gasteiger partial charge in [-0.2, -0.15) is 0 Å². The monoisotopic (exact) mass is 1180 g/mol. The zero-order valence-corrected chi connectivity index (χ0v) is 49.2. The Morgan fingerprint density at radius 3 is 1.31 bits per heavy atom. The van der Waals surface area contributed by atoms with Crippen LogP contribution in [0.25, 0.3) is 0 Å². The third kappa shape index (κ3) is 8.00. The van der Waals surface area contributed by atoms with E-state index in [9.17, 15) is 19.8 Å². The van der Waals surface area contributed by atoms with E-state index < -0.39 is 46.2 Å². The highest BCUT2D eigenvalue weighted by Crippen LogP contribution is 2.70. The molecule has 2 heterocycles. The first-order chi connectivity index (χ1) is 43.9. The van der Waals surface area contributed by atoms with Crippen LogP contribution in [-0.4, -0.2) is 53.8 Å². The van der Waals surface area contributed by atoms with E-state index >= 15 is 9.59 Å². The lowest BCUT2D eigenvalue weighted by Crippen LogP contribution is -2.62. The second-order valence-electron chi connectivity index (χ2n) is 24.6. The van der Waals surface area contributed by atoms with Crippen LogP contribution in [0.3, 0.4) is 0 Å². The predicted molar refractivity (Wildman–Crippen MR) is 339 cm³/mol. The lowest BCUT2D eigenvalue weighted by molar-refractivity contribution is -0.139. The Labute approximate surface area is 520 Å². The molecule has 5 unspecified atom stereocenters. The zero-order valence-electron chi connectivity index (χ0n) is 49.2. The third-order valence-electron chi connectivity index (χ3n) is 20.3. The van der Waals surface area contributed by atoms with Gasteiger partial charge in [0.2, 0.25) is 23.6 Å². The maximum absolute atomic E-state index is 15.6. The Balaban J connectivity index is 0.603. The van der Waals surface area contributed by atoms with Gasteiger partial charge in [0.15, 0.2) is 6.29 Å². The maximum atomic E-state index is 15.6. The molecule has 2 N–H and O–H groups in total. The van der Waals surface area contributed by atoms with Crippen molar-refractivity contribution >= 4 is 35.0 Å². The van der Waals surface area contributed by atoms with Crippen molar-refractivity contribution in [1.82, 2.24) is 0 Å². The molecule has 2 aliphatic heterocycles. The van der Waals surface area contributed by atoms with Crippen molar-refractivity contribution in [2.24, 2.45) is 23.7 Å². The number of carbonyl (C=O) groups excluding carboxylic acids is 4. The molecule has 10 aromatic carbocycles.